The minimum absolute atomic E-state index is 0.00494. The Bertz CT molecular complexity index is 744. The molecule has 1 aliphatic carbocycles. The van der Waals surface area contributed by atoms with E-state index in [9.17, 15) is 9.59 Å². The lowest BCUT2D eigenvalue weighted by Crippen LogP contribution is -2.28. The first-order chi connectivity index (χ1) is 12.0. The summed E-state index contributed by atoms with van der Waals surface area (Å²) in [4.78, 5) is 27.1. The number of hydrogen-bond donors (Lipinski definition) is 0. The fourth-order valence-electron chi connectivity index (χ4n) is 3.97. The molecule has 0 saturated heterocycles. The Morgan fingerprint density at radius 3 is 2.84 bits per heavy atom. The van der Waals surface area contributed by atoms with Crippen molar-refractivity contribution >= 4 is 11.6 Å². The topological polar surface area (TPSA) is 37.4 Å². The number of rotatable bonds is 5. The van der Waals surface area contributed by atoms with E-state index in [2.05, 4.69) is 37.1 Å². The first kappa shape index (κ1) is 17.7. The van der Waals surface area contributed by atoms with E-state index in [0.29, 0.717) is 0 Å². The molecule has 1 aromatic rings. The summed E-state index contributed by atoms with van der Waals surface area (Å²) in [6.07, 6.45) is 9.73. The third kappa shape index (κ3) is 3.76. The minimum atomic E-state index is 0.00494. The lowest BCUT2D eigenvalue weighted by molar-refractivity contribution is -0.114. The van der Waals surface area contributed by atoms with E-state index in [1.165, 1.54) is 11.1 Å². The number of fused-ring (bicyclic) bond motifs is 1. The van der Waals surface area contributed by atoms with Crippen LogP contribution in [0.1, 0.15) is 54.6 Å². The molecular weight excluding hydrogens is 310 g/mol. The normalized spacial score (nSPS) is 22.6. The smallest absolute Gasteiger partial charge is 0.166 e. The van der Waals surface area contributed by atoms with Crippen LogP contribution >= 0.6 is 0 Å². The van der Waals surface area contributed by atoms with Gasteiger partial charge >= 0.3 is 0 Å². The molecule has 0 fully saturated rings. The molecule has 0 radical (unpaired) electrons. The van der Waals surface area contributed by atoms with Crippen molar-refractivity contribution in [3.05, 3.63) is 58.9 Å². The summed E-state index contributed by atoms with van der Waals surface area (Å²) in [7, 11) is 0. The van der Waals surface area contributed by atoms with E-state index in [0.717, 1.165) is 43.4 Å². The Hall–Kier alpha value is -2.16. The molecule has 0 N–H and O–H groups in total. The number of aryl methyl sites for hydroxylation is 2. The summed E-state index contributed by atoms with van der Waals surface area (Å²) in [5.41, 5.74) is 4.09. The number of ketones is 2. The van der Waals surface area contributed by atoms with Crippen LogP contribution in [0.25, 0.3) is 0 Å². The van der Waals surface area contributed by atoms with Gasteiger partial charge in [-0.1, -0.05) is 36.8 Å². The molecule has 25 heavy (non-hydrogen) atoms. The van der Waals surface area contributed by atoms with Crippen LogP contribution in [0.4, 0.5) is 0 Å². The second-order valence-corrected chi connectivity index (χ2v) is 7.32. The maximum absolute atomic E-state index is 12.9. The van der Waals surface area contributed by atoms with Crippen LogP contribution in [-0.4, -0.2) is 23.0 Å². The number of allylic oxidation sites excluding steroid dienone is 2. The van der Waals surface area contributed by atoms with Gasteiger partial charge in [0.05, 0.1) is 0 Å². The van der Waals surface area contributed by atoms with Crippen molar-refractivity contribution in [3.63, 3.8) is 0 Å². The number of hydrogen-bond acceptors (Lipinski definition) is 3. The Labute approximate surface area is 150 Å². The van der Waals surface area contributed by atoms with E-state index in [-0.39, 0.29) is 23.4 Å². The van der Waals surface area contributed by atoms with Crippen molar-refractivity contribution in [1.29, 1.82) is 0 Å². The molecule has 0 bridgehead atoms. The third-order valence-corrected chi connectivity index (χ3v) is 5.30. The summed E-state index contributed by atoms with van der Waals surface area (Å²) in [6, 6.07) is 6.12. The lowest BCUT2D eigenvalue weighted by Gasteiger charge is -2.30. The van der Waals surface area contributed by atoms with Gasteiger partial charge in [-0.2, -0.15) is 0 Å². The average molecular weight is 337 g/mol. The van der Waals surface area contributed by atoms with Crippen molar-refractivity contribution in [2.24, 2.45) is 11.8 Å². The number of carbonyl (C=O) groups excluding carboxylic acids is 2. The maximum atomic E-state index is 12.9. The zero-order valence-corrected chi connectivity index (χ0v) is 15.4. The number of nitrogens with zero attached hydrogens (tertiary/aromatic N) is 1. The van der Waals surface area contributed by atoms with Gasteiger partial charge in [-0.25, -0.2) is 0 Å². The largest absolute Gasteiger partial charge is 0.354 e. The number of Topliss-reactive ketones (excluding diaryl/α,β-unsaturated/α-hetero) is 2. The standard InChI is InChI=1S/C22H27NO2/c1-4-10-23-11-9-18(21(14-23)16(3)24)13-19-7-6-17-12-15(2)5-8-20(17)22(19)25/h5,8-9,11-12,14,18-19H,4,6-7,10,13H2,1-3H3. The summed E-state index contributed by atoms with van der Waals surface area (Å²) in [5.74, 6) is 0.403. The number of benzene rings is 1. The molecule has 0 aromatic heterocycles. The fourth-order valence-corrected chi connectivity index (χ4v) is 3.97. The van der Waals surface area contributed by atoms with Crippen LogP contribution in [-0.2, 0) is 11.2 Å². The van der Waals surface area contributed by atoms with E-state index in [4.69, 9.17) is 0 Å². The van der Waals surface area contributed by atoms with Gasteiger partial charge < -0.3 is 4.90 Å². The average Bonchev–Trinajstić information content (AvgIpc) is 2.58. The van der Waals surface area contributed by atoms with E-state index < -0.39 is 0 Å². The van der Waals surface area contributed by atoms with Crippen molar-refractivity contribution in [2.75, 3.05) is 6.54 Å². The monoisotopic (exact) mass is 337 g/mol. The molecule has 0 saturated carbocycles. The minimum Gasteiger partial charge on any atom is -0.354 e. The highest BCUT2D eigenvalue weighted by atomic mass is 16.1. The highest BCUT2D eigenvalue weighted by molar-refractivity contribution is 6.00. The molecule has 1 aliphatic heterocycles. The van der Waals surface area contributed by atoms with Gasteiger partial charge in [0, 0.05) is 41.9 Å². The SMILES string of the molecule is CCCN1C=CC(CC2CCc3cc(C)ccc3C2=O)C(C(C)=O)=C1. The van der Waals surface area contributed by atoms with Crippen LogP contribution < -0.4 is 0 Å². The van der Waals surface area contributed by atoms with Gasteiger partial charge in [0.2, 0.25) is 0 Å². The van der Waals surface area contributed by atoms with Crippen molar-refractivity contribution in [3.8, 4) is 0 Å². The molecule has 1 aromatic carbocycles. The first-order valence-electron chi connectivity index (χ1n) is 9.30. The van der Waals surface area contributed by atoms with Gasteiger partial charge in [0.15, 0.2) is 11.6 Å². The van der Waals surface area contributed by atoms with Gasteiger partial charge in [-0.3, -0.25) is 9.59 Å². The molecule has 2 unspecified atom stereocenters. The molecule has 3 rings (SSSR count). The molecule has 2 aliphatic rings. The zero-order valence-electron chi connectivity index (χ0n) is 15.4. The second-order valence-electron chi connectivity index (χ2n) is 7.32. The van der Waals surface area contributed by atoms with Crippen LogP contribution in [0, 0.1) is 18.8 Å². The van der Waals surface area contributed by atoms with Gasteiger partial charge in [-0.05, 0) is 45.1 Å². The molecule has 132 valence electrons. The predicted octanol–water partition coefficient (Wildman–Crippen LogP) is 4.46. The quantitative estimate of drug-likeness (QED) is 0.796. The van der Waals surface area contributed by atoms with Gasteiger partial charge in [0.25, 0.3) is 0 Å². The highest BCUT2D eigenvalue weighted by Gasteiger charge is 2.31. The number of carbonyl (C=O) groups is 2. The molecule has 3 heteroatoms. The van der Waals surface area contributed by atoms with E-state index >= 15 is 0 Å². The second kappa shape index (κ2) is 7.38. The van der Waals surface area contributed by atoms with Crippen LogP contribution in [0.5, 0.6) is 0 Å². The van der Waals surface area contributed by atoms with Crippen LogP contribution in [0.15, 0.2) is 42.2 Å². The molecule has 1 heterocycles. The van der Waals surface area contributed by atoms with Crippen LogP contribution in [0.2, 0.25) is 0 Å². The molecule has 0 amide bonds. The van der Waals surface area contributed by atoms with Crippen molar-refractivity contribution in [2.45, 2.75) is 46.5 Å². The fraction of sp³-hybridized carbons (Fsp3) is 0.455. The summed E-state index contributed by atoms with van der Waals surface area (Å²) >= 11 is 0. The Kier molecular flexibility index (Phi) is 5.22. The molecule has 2 atom stereocenters. The molecule has 0 spiro atoms. The van der Waals surface area contributed by atoms with Crippen molar-refractivity contribution < 1.29 is 9.59 Å². The third-order valence-electron chi connectivity index (χ3n) is 5.30. The molecule has 3 nitrogen and oxygen atoms in total. The van der Waals surface area contributed by atoms with Crippen LogP contribution in [0.3, 0.4) is 0 Å². The summed E-state index contributed by atoms with van der Waals surface area (Å²) < 4.78 is 0. The van der Waals surface area contributed by atoms with Gasteiger partial charge in [-0.15, -0.1) is 0 Å². The molecular formula is C22H27NO2. The summed E-state index contributed by atoms with van der Waals surface area (Å²) in [5, 5.41) is 0. The lowest BCUT2D eigenvalue weighted by atomic mass is 9.76. The summed E-state index contributed by atoms with van der Waals surface area (Å²) in [6.45, 7) is 6.73. The highest BCUT2D eigenvalue weighted by Crippen LogP contribution is 2.34. The Morgan fingerprint density at radius 2 is 2.12 bits per heavy atom. The first-order valence-corrected chi connectivity index (χ1v) is 9.30. The maximum Gasteiger partial charge on any atom is 0.166 e. The Balaban J connectivity index is 1.77. The predicted molar refractivity (Wildman–Crippen MR) is 100 cm³/mol. The van der Waals surface area contributed by atoms with Gasteiger partial charge in [0.1, 0.15) is 0 Å². The zero-order chi connectivity index (χ0) is 18.0. The van der Waals surface area contributed by atoms with E-state index in [1.54, 1.807) is 6.92 Å². The van der Waals surface area contributed by atoms with E-state index in [1.807, 2.05) is 18.3 Å². The Morgan fingerprint density at radius 1 is 1.32 bits per heavy atom. The van der Waals surface area contributed by atoms with Crippen molar-refractivity contribution in [1.82, 2.24) is 4.90 Å².